The highest BCUT2D eigenvalue weighted by Gasteiger charge is 2.12. The molecular weight excluding hydrogens is 332 g/mol. The molecule has 2 aromatic heterocycles. The van der Waals surface area contributed by atoms with Gasteiger partial charge in [-0.25, -0.2) is 9.97 Å². The maximum atomic E-state index is 11.6. The van der Waals surface area contributed by atoms with Crippen molar-refractivity contribution in [2.45, 2.75) is 30.7 Å². The Morgan fingerprint density at radius 1 is 1.33 bits per heavy atom. The van der Waals surface area contributed by atoms with Crippen LogP contribution in [0, 0.1) is 10.1 Å². The number of hydrogen-bond donors (Lipinski definition) is 1. The summed E-state index contributed by atoms with van der Waals surface area (Å²) in [5.41, 5.74) is 1.44. The Morgan fingerprint density at radius 3 is 2.92 bits per heavy atom. The van der Waals surface area contributed by atoms with Crippen molar-refractivity contribution < 1.29 is 9.34 Å². The van der Waals surface area contributed by atoms with Crippen molar-refractivity contribution in [2.75, 3.05) is 0 Å². The largest absolute Gasteiger partial charge is 0.440 e. The number of oxazole rings is 1. The highest BCUT2D eigenvalue weighted by Crippen LogP contribution is 2.24. The number of aromatic nitrogens is 3. The molecule has 0 aliphatic heterocycles. The molecule has 0 aliphatic rings. The molecule has 24 heavy (non-hydrogen) atoms. The van der Waals surface area contributed by atoms with Crippen LogP contribution in [-0.2, 0) is 12.2 Å². The lowest BCUT2D eigenvalue weighted by Crippen LogP contribution is -2.09. The number of H-pyrrole nitrogens is 1. The molecule has 9 heteroatoms. The third kappa shape index (κ3) is 3.62. The van der Waals surface area contributed by atoms with E-state index in [1.807, 2.05) is 6.92 Å². The summed E-state index contributed by atoms with van der Waals surface area (Å²) in [6.07, 6.45) is 1.65. The van der Waals surface area contributed by atoms with Crippen LogP contribution in [0.15, 0.2) is 38.6 Å². The van der Waals surface area contributed by atoms with E-state index in [0.717, 1.165) is 18.5 Å². The van der Waals surface area contributed by atoms with Crippen LogP contribution in [0.5, 0.6) is 0 Å². The summed E-state index contributed by atoms with van der Waals surface area (Å²) in [6, 6.07) is 5.76. The van der Waals surface area contributed by atoms with Crippen molar-refractivity contribution in [3.63, 3.8) is 0 Å². The van der Waals surface area contributed by atoms with Crippen molar-refractivity contribution in [3.05, 3.63) is 56.3 Å². The number of aryl methyl sites for hydroxylation is 1. The first-order valence-corrected chi connectivity index (χ1v) is 8.30. The number of aromatic amines is 1. The van der Waals surface area contributed by atoms with E-state index in [9.17, 15) is 14.9 Å². The Morgan fingerprint density at radius 2 is 2.17 bits per heavy atom. The van der Waals surface area contributed by atoms with Gasteiger partial charge in [0.1, 0.15) is 5.52 Å². The summed E-state index contributed by atoms with van der Waals surface area (Å²) in [6.45, 7) is 2.02. The first kappa shape index (κ1) is 16.2. The third-order valence-corrected chi connectivity index (χ3v) is 4.10. The molecule has 0 amide bonds. The predicted octanol–water partition coefficient (Wildman–Crippen LogP) is 3.06. The second-order valence-electron chi connectivity index (χ2n) is 5.10. The fourth-order valence-electron chi connectivity index (χ4n) is 2.20. The molecule has 0 radical (unpaired) electrons. The van der Waals surface area contributed by atoms with Gasteiger partial charge in [0.05, 0.1) is 10.7 Å². The number of rotatable bonds is 6. The fraction of sp³-hybridized carbons (Fsp3) is 0.267. The SMILES string of the molecule is CCCc1cc(=O)[nH]c(SCc2nc3cc([N+](=O)[O-])ccc3o2)n1. The van der Waals surface area contributed by atoms with Gasteiger partial charge in [0, 0.05) is 23.9 Å². The summed E-state index contributed by atoms with van der Waals surface area (Å²) < 4.78 is 5.56. The molecule has 0 aliphatic carbocycles. The van der Waals surface area contributed by atoms with Gasteiger partial charge in [-0.15, -0.1) is 0 Å². The zero-order valence-corrected chi connectivity index (χ0v) is 13.6. The number of nitro benzene ring substituents is 1. The number of non-ortho nitro benzene ring substituents is 1. The van der Waals surface area contributed by atoms with Gasteiger partial charge in [0.2, 0.25) is 5.89 Å². The molecule has 3 rings (SSSR count). The molecule has 2 heterocycles. The zero-order chi connectivity index (χ0) is 17.1. The fourth-order valence-corrected chi connectivity index (χ4v) is 2.94. The van der Waals surface area contributed by atoms with Crippen molar-refractivity contribution in [3.8, 4) is 0 Å². The maximum Gasteiger partial charge on any atom is 0.271 e. The maximum absolute atomic E-state index is 11.6. The molecule has 1 aromatic carbocycles. The molecule has 0 fully saturated rings. The van der Waals surface area contributed by atoms with Crippen LogP contribution in [0.2, 0.25) is 0 Å². The van der Waals surface area contributed by atoms with Gasteiger partial charge in [0.25, 0.3) is 11.2 Å². The Balaban J connectivity index is 1.78. The van der Waals surface area contributed by atoms with Crippen LogP contribution >= 0.6 is 11.8 Å². The smallest absolute Gasteiger partial charge is 0.271 e. The molecule has 124 valence electrons. The van der Waals surface area contributed by atoms with Gasteiger partial charge in [-0.05, 0) is 12.5 Å². The standard InChI is InChI=1S/C15H14N4O4S/c1-2-3-9-6-13(20)18-15(16-9)24-8-14-17-11-7-10(19(21)22)4-5-12(11)23-14/h4-7H,2-3,8H2,1H3,(H,16,18,20). The van der Waals surface area contributed by atoms with E-state index >= 15 is 0 Å². The number of fused-ring (bicyclic) bond motifs is 1. The third-order valence-electron chi connectivity index (χ3n) is 3.24. The van der Waals surface area contributed by atoms with Gasteiger partial charge in [0.15, 0.2) is 10.7 Å². The number of nitrogens with zero attached hydrogens (tertiary/aromatic N) is 3. The topological polar surface area (TPSA) is 115 Å². The molecule has 0 spiro atoms. The van der Waals surface area contributed by atoms with Crippen LogP contribution in [0.25, 0.3) is 11.1 Å². The second-order valence-corrected chi connectivity index (χ2v) is 6.06. The predicted molar refractivity (Wildman–Crippen MR) is 89.1 cm³/mol. The molecule has 8 nitrogen and oxygen atoms in total. The summed E-state index contributed by atoms with van der Waals surface area (Å²) in [7, 11) is 0. The van der Waals surface area contributed by atoms with E-state index in [2.05, 4.69) is 15.0 Å². The van der Waals surface area contributed by atoms with E-state index in [-0.39, 0.29) is 11.2 Å². The van der Waals surface area contributed by atoms with Crippen LogP contribution < -0.4 is 5.56 Å². The molecule has 0 saturated carbocycles. The van der Waals surface area contributed by atoms with Crippen LogP contribution in [-0.4, -0.2) is 19.9 Å². The van der Waals surface area contributed by atoms with Crippen molar-refractivity contribution >= 4 is 28.5 Å². The normalized spacial score (nSPS) is 11.0. The van der Waals surface area contributed by atoms with Gasteiger partial charge < -0.3 is 9.40 Å². The Labute approximate surface area is 140 Å². The number of nitrogens with one attached hydrogen (secondary N) is 1. The second kappa shape index (κ2) is 6.83. The minimum Gasteiger partial charge on any atom is -0.440 e. The number of benzene rings is 1. The van der Waals surface area contributed by atoms with E-state index in [0.29, 0.717) is 27.9 Å². The van der Waals surface area contributed by atoms with Crippen LogP contribution in [0.1, 0.15) is 24.9 Å². The first-order valence-electron chi connectivity index (χ1n) is 7.32. The van der Waals surface area contributed by atoms with E-state index < -0.39 is 4.92 Å². The van der Waals surface area contributed by atoms with Crippen molar-refractivity contribution in [1.29, 1.82) is 0 Å². The molecule has 0 saturated heterocycles. The van der Waals surface area contributed by atoms with Crippen LogP contribution in [0.4, 0.5) is 5.69 Å². The molecule has 0 unspecified atom stereocenters. The Kier molecular flexibility index (Phi) is 4.61. The molecule has 1 N–H and O–H groups in total. The molecule has 3 aromatic rings. The lowest BCUT2D eigenvalue weighted by molar-refractivity contribution is -0.384. The average molecular weight is 346 g/mol. The molecule has 0 atom stereocenters. The highest BCUT2D eigenvalue weighted by atomic mass is 32.2. The zero-order valence-electron chi connectivity index (χ0n) is 12.8. The number of hydrogen-bond acceptors (Lipinski definition) is 7. The summed E-state index contributed by atoms with van der Waals surface area (Å²) >= 11 is 1.30. The molecule has 0 bridgehead atoms. The summed E-state index contributed by atoms with van der Waals surface area (Å²) in [5, 5.41) is 11.3. The lowest BCUT2D eigenvalue weighted by atomic mass is 10.2. The number of nitro groups is 1. The van der Waals surface area contributed by atoms with Crippen molar-refractivity contribution in [2.24, 2.45) is 0 Å². The highest BCUT2D eigenvalue weighted by molar-refractivity contribution is 7.98. The first-order chi connectivity index (χ1) is 11.5. The summed E-state index contributed by atoms with van der Waals surface area (Å²) in [5.74, 6) is 0.778. The monoisotopic (exact) mass is 346 g/mol. The molecular formula is C15H14N4O4S. The average Bonchev–Trinajstić information content (AvgIpc) is 2.94. The quantitative estimate of drug-likeness (QED) is 0.315. The van der Waals surface area contributed by atoms with E-state index in [1.165, 1.54) is 36.0 Å². The Bertz CT molecular complexity index is 950. The Hall–Kier alpha value is -2.68. The van der Waals surface area contributed by atoms with E-state index in [4.69, 9.17) is 4.42 Å². The van der Waals surface area contributed by atoms with Gasteiger partial charge in [-0.2, -0.15) is 0 Å². The minimum absolute atomic E-state index is 0.0340. The van der Waals surface area contributed by atoms with Gasteiger partial charge in [-0.3, -0.25) is 14.9 Å². The van der Waals surface area contributed by atoms with E-state index in [1.54, 1.807) is 0 Å². The lowest BCUT2D eigenvalue weighted by Gasteiger charge is -2.01. The van der Waals surface area contributed by atoms with Gasteiger partial charge >= 0.3 is 0 Å². The van der Waals surface area contributed by atoms with Crippen LogP contribution in [0.3, 0.4) is 0 Å². The van der Waals surface area contributed by atoms with Crippen molar-refractivity contribution in [1.82, 2.24) is 15.0 Å². The minimum atomic E-state index is -0.476. The van der Waals surface area contributed by atoms with Gasteiger partial charge in [-0.1, -0.05) is 25.1 Å². The summed E-state index contributed by atoms with van der Waals surface area (Å²) in [4.78, 5) is 33.2. The number of thioether (sulfide) groups is 1.